The molecule has 1 aromatic heterocycles. The molecule has 1 N–H and O–H groups in total. The van der Waals surface area contributed by atoms with Crippen molar-refractivity contribution in [1.29, 1.82) is 0 Å². The van der Waals surface area contributed by atoms with Gasteiger partial charge in [0.1, 0.15) is 0 Å². The van der Waals surface area contributed by atoms with E-state index in [2.05, 4.69) is 27.4 Å². The maximum atomic E-state index is 12.6. The van der Waals surface area contributed by atoms with E-state index >= 15 is 0 Å². The number of nitrogens with zero attached hydrogens (tertiary/aromatic N) is 3. The van der Waals surface area contributed by atoms with E-state index in [-0.39, 0.29) is 5.91 Å². The number of carbonyl (C=O) groups is 1. The highest BCUT2D eigenvalue weighted by Crippen LogP contribution is 2.23. The molecule has 0 saturated carbocycles. The Bertz CT molecular complexity index is 913. The molecule has 5 heteroatoms. The van der Waals surface area contributed by atoms with Crippen LogP contribution in [0.25, 0.3) is 0 Å². The number of hydrogen-bond acceptors (Lipinski definition) is 4. The Balaban J connectivity index is 1.80. The Hall–Kier alpha value is -3.21. The average Bonchev–Trinajstić information content (AvgIpc) is 2.66. The lowest BCUT2D eigenvalue weighted by Crippen LogP contribution is -2.20. The number of anilines is 3. The SMILES string of the molecule is CCN(c1ccccc1)c1ncc(C(=O)Nc2c(C)cc(C)cc2C)cn1. The molecule has 138 valence electrons. The summed E-state index contributed by atoms with van der Waals surface area (Å²) in [6.07, 6.45) is 3.14. The molecule has 0 fully saturated rings. The first kappa shape index (κ1) is 18.6. The first-order valence-corrected chi connectivity index (χ1v) is 9.03. The van der Waals surface area contributed by atoms with Gasteiger partial charge in [-0.25, -0.2) is 9.97 Å². The fourth-order valence-electron chi connectivity index (χ4n) is 3.19. The Morgan fingerprint density at radius 2 is 1.59 bits per heavy atom. The van der Waals surface area contributed by atoms with Gasteiger partial charge < -0.3 is 10.2 Å². The lowest BCUT2D eigenvalue weighted by atomic mass is 10.0. The van der Waals surface area contributed by atoms with Crippen LogP contribution in [-0.2, 0) is 0 Å². The van der Waals surface area contributed by atoms with Crippen molar-refractivity contribution < 1.29 is 4.79 Å². The van der Waals surface area contributed by atoms with Gasteiger partial charge in [-0.05, 0) is 51.0 Å². The van der Waals surface area contributed by atoms with E-state index in [1.165, 1.54) is 5.56 Å². The van der Waals surface area contributed by atoms with Gasteiger partial charge >= 0.3 is 0 Å². The van der Waals surface area contributed by atoms with Crippen molar-refractivity contribution in [2.45, 2.75) is 27.7 Å². The fourth-order valence-corrected chi connectivity index (χ4v) is 3.19. The minimum Gasteiger partial charge on any atom is -0.321 e. The van der Waals surface area contributed by atoms with Crippen LogP contribution < -0.4 is 10.2 Å². The maximum Gasteiger partial charge on any atom is 0.258 e. The highest BCUT2D eigenvalue weighted by atomic mass is 16.1. The number of aromatic nitrogens is 2. The number of amides is 1. The topological polar surface area (TPSA) is 58.1 Å². The van der Waals surface area contributed by atoms with E-state index in [0.29, 0.717) is 11.5 Å². The van der Waals surface area contributed by atoms with Crippen molar-refractivity contribution >= 4 is 23.2 Å². The van der Waals surface area contributed by atoms with Crippen molar-refractivity contribution in [3.63, 3.8) is 0 Å². The minimum atomic E-state index is -0.209. The van der Waals surface area contributed by atoms with Crippen LogP contribution >= 0.6 is 0 Å². The molecule has 0 aliphatic carbocycles. The molecular formula is C22H24N4O. The second kappa shape index (κ2) is 7.99. The minimum absolute atomic E-state index is 0.209. The van der Waals surface area contributed by atoms with Crippen LogP contribution in [0, 0.1) is 20.8 Å². The number of hydrogen-bond donors (Lipinski definition) is 1. The predicted octanol–water partition coefficient (Wildman–Crippen LogP) is 4.81. The van der Waals surface area contributed by atoms with E-state index in [1.807, 2.05) is 62.9 Å². The molecule has 2 aromatic carbocycles. The summed E-state index contributed by atoms with van der Waals surface area (Å²) in [4.78, 5) is 23.4. The lowest BCUT2D eigenvalue weighted by molar-refractivity contribution is 0.102. The van der Waals surface area contributed by atoms with Crippen molar-refractivity contribution in [3.05, 3.63) is 77.1 Å². The van der Waals surface area contributed by atoms with Crippen molar-refractivity contribution in [3.8, 4) is 0 Å². The molecule has 5 nitrogen and oxygen atoms in total. The van der Waals surface area contributed by atoms with Crippen LogP contribution in [0.15, 0.2) is 54.9 Å². The predicted molar refractivity (Wildman–Crippen MR) is 110 cm³/mol. The zero-order valence-corrected chi connectivity index (χ0v) is 16.2. The normalized spacial score (nSPS) is 10.5. The summed E-state index contributed by atoms with van der Waals surface area (Å²) in [5.41, 5.74) is 5.55. The molecule has 0 saturated heterocycles. The standard InChI is InChI=1S/C22H24N4O/c1-5-26(19-9-7-6-8-10-19)22-23-13-18(14-24-22)21(27)25-20-16(3)11-15(2)12-17(20)4/h6-14H,5H2,1-4H3,(H,25,27). The van der Waals surface area contributed by atoms with Crippen LogP contribution in [0.5, 0.6) is 0 Å². The van der Waals surface area contributed by atoms with Gasteiger partial charge in [0.15, 0.2) is 0 Å². The summed E-state index contributed by atoms with van der Waals surface area (Å²) in [6, 6.07) is 14.1. The van der Waals surface area contributed by atoms with Gasteiger partial charge in [0.05, 0.1) is 5.56 Å². The maximum absolute atomic E-state index is 12.6. The van der Waals surface area contributed by atoms with E-state index in [0.717, 1.165) is 29.0 Å². The molecule has 1 amide bonds. The van der Waals surface area contributed by atoms with Crippen LogP contribution in [0.3, 0.4) is 0 Å². The quantitative estimate of drug-likeness (QED) is 0.709. The van der Waals surface area contributed by atoms with Gasteiger partial charge in [-0.15, -0.1) is 0 Å². The summed E-state index contributed by atoms with van der Waals surface area (Å²) in [5.74, 6) is 0.363. The number of para-hydroxylation sites is 1. The molecule has 0 atom stereocenters. The third-order valence-electron chi connectivity index (χ3n) is 4.44. The molecule has 3 aromatic rings. The molecule has 27 heavy (non-hydrogen) atoms. The summed E-state index contributed by atoms with van der Waals surface area (Å²) in [7, 11) is 0. The van der Waals surface area contributed by atoms with Crippen molar-refractivity contribution in [1.82, 2.24) is 9.97 Å². The second-order valence-electron chi connectivity index (χ2n) is 6.58. The third kappa shape index (κ3) is 4.14. The Kier molecular flexibility index (Phi) is 5.50. The first-order chi connectivity index (χ1) is 13.0. The van der Waals surface area contributed by atoms with Gasteiger partial charge in [0, 0.05) is 30.3 Å². The molecule has 3 rings (SSSR count). The van der Waals surface area contributed by atoms with E-state index in [1.54, 1.807) is 12.4 Å². The highest BCUT2D eigenvalue weighted by molar-refractivity contribution is 6.04. The highest BCUT2D eigenvalue weighted by Gasteiger charge is 2.14. The van der Waals surface area contributed by atoms with Gasteiger partial charge in [-0.1, -0.05) is 35.9 Å². The summed E-state index contributed by atoms with van der Waals surface area (Å²) < 4.78 is 0. The molecule has 0 bridgehead atoms. The molecule has 0 unspecified atom stereocenters. The van der Waals surface area contributed by atoms with Gasteiger partial charge in [0.2, 0.25) is 5.95 Å². The molecule has 0 aliphatic rings. The van der Waals surface area contributed by atoms with E-state index in [4.69, 9.17) is 0 Å². The smallest absolute Gasteiger partial charge is 0.258 e. The number of rotatable bonds is 5. The number of aryl methyl sites for hydroxylation is 3. The van der Waals surface area contributed by atoms with Crippen molar-refractivity contribution in [2.24, 2.45) is 0 Å². The second-order valence-corrected chi connectivity index (χ2v) is 6.58. The van der Waals surface area contributed by atoms with Gasteiger partial charge in [0.25, 0.3) is 5.91 Å². The van der Waals surface area contributed by atoms with Crippen LogP contribution in [-0.4, -0.2) is 22.4 Å². The fraction of sp³-hybridized carbons (Fsp3) is 0.227. The van der Waals surface area contributed by atoms with E-state index < -0.39 is 0 Å². The Morgan fingerprint density at radius 3 is 2.15 bits per heavy atom. The number of nitrogens with one attached hydrogen (secondary N) is 1. The summed E-state index contributed by atoms with van der Waals surface area (Å²) in [6.45, 7) is 8.81. The van der Waals surface area contributed by atoms with Crippen LogP contribution in [0.1, 0.15) is 34.0 Å². The average molecular weight is 360 g/mol. The molecule has 0 spiro atoms. The molecule has 0 radical (unpaired) electrons. The van der Waals surface area contributed by atoms with Gasteiger partial charge in [-0.3, -0.25) is 4.79 Å². The monoisotopic (exact) mass is 360 g/mol. The van der Waals surface area contributed by atoms with Crippen LogP contribution in [0.4, 0.5) is 17.3 Å². The van der Waals surface area contributed by atoms with E-state index in [9.17, 15) is 4.79 Å². The van der Waals surface area contributed by atoms with Gasteiger partial charge in [-0.2, -0.15) is 0 Å². The van der Waals surface area contributed by atoms with Crippen molar-refractivity contribution in [2.75, 3.05) is 16.8 Å². The molecular weight excluding hydrogens is 336 g/mol. The number of carbonyl (C=O) groups excluding carboxylic acids is 1. The third-order valence-corrected chi connectivity index (χ3v) is 4.44. The Labute approximate surface area is 160 Å². The van der Waals surface area contributed by atoms with Crippen LogP contribution in [0.2, 0.25) is 0 Å². The largest absolute Gasteiger partial charge is 0.321 e. The summed E-state index contributed by atoms with van der Waals surface area (Å²) in [5, 5.41) is 2.98. The lowest BCUT2D eigenvalue weighted by Gasteiger charge is -2.20. The Morgan fingerprint density at radius 1 is 1.00 bits per heavy atom. The first-order valence-electron chi connectivity index (χ1n) is 9.03. The zero-order valence-electron chi connectivity index (χ0n) is 16.2. The number of benzene rings is 2. The summed E-state index contributed by atoms with van der Waals surface area (Å²) >= 11 is 0. The molecule has 1 heterocycles. The molecule has 0 aliphatic heterocycles. The zero-order chi connectivity index (χ0) is 19.4.